The van der Waals surface area contributed by atoms with E-state index in [0.717, 1.165) is 25.0 Å². The molecule has 4 nitrogen and oxygen atoms in total. The molecule has 1 aromatic rings. The molecule has 1 saturated heterocycles. The topological polar surface area (TPSA) is 64.4 Å². The highest BCUT2D eigenvalue weighted by Crippen LogP contribution is 2.18. The van der Waals surface area contributed by atoms with E-state index in [1.165, 1.54) is 6.42 Å². The van der Waals surface area contributed by atoms with Gasteiger partial charge in [0.15, 0.2) is 0 Å². The standard InChI is InChI=1S/C15H22N2O2/c1-15(16,12-7-3-2-4-8-12)14(18)17-11-13-9-5-6-10-19-13/h2-4,7-8,13H,5-6,9-11,16H2,1H3,(H,17,18). The van der Waals surface area contributed by atoms with Crippen molar-refractivity contribution >= 4 is 5.91 Å². The Morgan fingerprint density at radius 3 is 2.79 bits per heavy atom. The molecule has 0 radical (unpaired) electrons. The molecule has 3 N–H and O–H groups in total. The molecule has 4 heteroatoms. The Morgan fingerprint density at radius 2 is 2.16 bits per heavy atom. The third-order valence-electron chi connectivity index (χ3n) is 3.61. The van der Waals surface area contributed by atoms with Gasteiger partial charge in [0.1, 0.15) is 5.54 Å². The Morgan fingerprint density at radius 1 is 1.42 bits per heavy atom. The summed E-state index contributed by atoms with van der Waals surface area (Å²) < 4.78 is 5.59. The van der Waals surface area contributed by atoms with E-state index in [-0.39, 0.29) is 12.0 Å². The van der Waals surface area contributed by atoms with Crippen LogP contribution in [0.25, 0.3) is 0 Å². The van der Waals surface area contributed by atoms with E-state index in [4.69, 9.17) is 10.5 Å². The van der Waals surface area contributed by atoms with E-state index >= 15 is 0 Å². The van der Waals surface area contributed by atoms with Crippen LogP contribution in [0.5, 0.6) is 0 Å². The Hall–Kier alpha value is -1.39. The molecule has 2 unspecified atom stereocenters. The minimum absolute atomic E-state index is 0.129. The molecule has 104 valence electrons. The van der Waals surface area contributed by atoms with Gasteiger partial charge in [-0.25, -0.2) is 0 Å². The first kappa shape index (κ1) is 14.0. The molecule has 0 aromatic heterocycles. The van der Waals surface area contributed by atoms with Crippen molar-refractivity contribution in [2.24, 2.45) is 5.73 Å². The van der Waals surface area contributed by atoms with Crippen LogP contribution in [0.4, 0.5) is 0 Å². The van der Waals surface area contributed by atoms with Crippen molar-refractivity contribution in [3.63, 3.8) is 0 Å². The highest BCUT2D eigenvalue weighted by molar-refractivity contribution is 5.86. The molecule has 1 amide bonds. The first-order valence-corrected chi connectivity index (χ1v) is 6.85. The summed E-state index contributed by atoms with van der Waals surface area (Å²) in [6.07, 6.45) is 3.42. The van der Waals surface area contributed by atoms with Crippen LogP contribution in [0.3, 0.4) is 0 Å². The quantitative estimate of drug-likeness (QED) is 0.865. The van der Waals surface area contributed by atoms with E-state index in [9.17, 15) is 4.79 Å². The lowest BCUT2D eigenvalue weighted by Crippen LogP contribution is -2.51. The lowest BCUT2D eigenvalue weighted by Gasteiger charge is -2.27. The van der Waals surface area contributed by atoms with Gasteiger partial charge >= 0.3 is 0 Å². The number of ether oxygens (including phenoxy) is 1. The lowest BCUT2D eigenvalue weighted by molar-refractivity contribution is -0.127. The molecule has 1 aliphatic rings. The van der Waals surface area contributed by atoms with Gasteiger partial charge in [-0.05, 0) is 31.7 Å². The average molecular weight is 262 g/mol. The van der Waals surface area contributed by atoms with Crippen LogP contribution in [-0.2, 0) is 15.1 Å². The summed E-state index contributed by atoms with van der Waals surface area (Å²) in [4.78, 5) is 12.2. The van der Waals surface area contributed by atoms with Gasteiger partial charge in [-0.2, -0.15) is 0 Å². The van der Waals surface area contributed by atoms with Crippen molar-refractivity contribution in [1.29, 1.82) is 0 Å². The van der Waals surface area contributed by atoms with E-state index in [0.29, 0.717) is 6.54 Å². The number of nitrogens with one attached hydrogen (secondary N) is 1. The predicted molar refractivity (Wildman–Crippen MR) is 74.6 cm³/mol. The zero-order chi connectivity index (χ0) is 13.7. The van der Waals surface area contributed by atoms with E-state index < -0.39 is 5.54 Å². The van der Waals surface area contributed by atoms with Crippen molar-refractivity contribution in [2.45, 2.75) is 37.8 Å². The molecule has 1 fully saturated rings. The third kappa shape index (κ3) is 3.55. The number of carbonyl (C=O) groups excluding carboxylic acids is 1. The second-order valence-corrected chi connectivity index (χ2v) is 5.27. The van der Waals surface area contributed by atoms with Gasteiger partial charge in [-0.1, -0.05) is 30.3 Å². The number of carbonyl (C=O) groups is 1. The Labute approximate surface area is 114 Å². The summed E-state index contributed by atoms with van der Waals surface area (Å²) in [7, 11) is 0. The largest absolute Gasteiger partial charge is 0.376 e. The van der Waals surface area contributed by atoms with Crippen molar-refractivity contribution < 1.29 is 9.53 Å². The number of hydrogen-bond donors (Lipinski definition) is 2. The molecular weight excluding hydrogens is 240 g/mol. The maximum atomic E-state index is 12.2. The van der Waals surface area contributed by atoms with Crippen molar-refractivity contribution in [3.8, 4) is 0 Å². The van der Waals surface area contributed by atoms with Crippen LogP contribution in [-0.4, -0.2) is 25.2 Å². The number of benzene rings is 1. The molecule has 2 atom stereocenters. The van der Waals surface area contributed by atoms with Gasteiger partial charge in [-0.3, -0.25) is 4.79 Å². The number of hydrogen-bond acceptors (Lipinski definition) is 3. The second-order valence-electron chi connectivity index (χ2n) is 5.27. The summed E-state index contributed by atoms with van der Waals surface area (Å²) in [5.41, 5.74) is 5.96. The maximum Gasteiger partial charge on any atom is 0.244 e. The average Bonchev–Trinajstić information content (AvgIpc) is 2.46. The molecule has 0 bridgehead atoms. The first-order chi connectivity index (χ1) is 9.10. The zero-order valence-corrected chi connectivity index (χ0v) is 11.4. The van der Waals surface area contributed by atoms with Gasteiger partial charge in [0.2, 0.25) is 5.91 Å². The van der Waals surface area contributed by atoms with Crippen LogP contribution in [0, 0.1) is 0 Å². The fourth-order valence-electron chi connectivity index (χ4n) is 2.27. The van der Waals surface area contributed by atoms with Crippen LogP contribution >= 0.6 is 0 Å². The van der Waals surface area contributed by atoms with Gasteiger partial charge < -0.3 is 15.8 Å². The fourth-order valence-corrected chi connectivity index (χ4v) is 2.27. The van der Waals surface area contributed by atoms with E-state index in [2.05, 4.69) is 5.32 Å². The summed E-state index contributed by atoms with van der Waals surface area (Å²) in [6.45, 7) is 3.07. The van der Waals surface area contributed by atoms with Gasteiger partial charge in [0, 0.05) is 13.2 Å². The molecule has 1 aliphatic heterocycles. The molecule has 0 spiro atoms. The molecule has 0 saturated carbocycles. The highest BCUT2D eigenvalue weighted by Gasteiger charge is 2.30. The molecular formula is C15H22N2O2. The summed E-state index contributed by atoms with van der Waals surface area (Å²) >= 11 is 0. The number of nitrogens with two attached hydrogens (primary N) is 1. The van der Waals surface area contributed by atoms with Gasteiger partial charge in [0.05, 0.1) is 6.10 Å². The van der Waals surface area contributed by atoms with Gasteiger partial charge in [-0.15, -0.1) is 0 Å². The highest BCUT2D eigenvalue weighted by atomic mass is 16.5. The smallest absolute Gasteiger partial charge is 0.244 e. The third-order valence-corrected chi connectivity index (χ3v) is 3.61. The Bertz CT molecular complexity index is 411. The maximum absolute atomic E-state index is 12.2. The lowest BCUT2D eigenvalue weighted by atomic mass is 9.92. The molecule has 1 heterocycles. The van der Waals surface area contributed by atoms with E-state index in [1.807, 2.05) is 30.3 Å². The molecule has 2 rings (SSSR count). The van der Waals surface area contributed by atoms with Crippen LogP contribution in [0.2, 0.25) is 0 Å². The molecule has 1 aromatic carbocycles. The Balaban J connectivity index is 1.91. The normalized spacial score (nSPS) is 22.5. The van der Waals surface area contributed by atoms with Crippen LogP contribution in [0.1, 0.15) is 31.7 Å². The van der Waals surface area contributed by atoms with Gasteiger partial charge in [0.25, 0.3) is 0 Å². The summed E-state index contributed by atoms with van der Waals surface area (Å²) in [6, 6.07) is 9.43. The summed E-state index contributed by atoms with van der Waals surface area (Å²) in [5, 5.41) is 2.90. The second kappa shape index (κ2) is 6.17. The Kier molecular flexibility index (Phi) is 4.56. The van der Waals surface area contributed by atoms with Crippen molar-refractivity contribution in [1.82, 2.24) is 5.32 Å². The molecule has 0 aliphatic carbocycles. The number of rotatable bonds is 4. The van der Waals surface area contributed by atoms with E-state index in [1.54, 1.807) is 6.92 Å². The SMILES string of the molecule is CC(N)(C(=O)NCC1CCCCO1)c1ccccc1. The van der Waals surface area contributed by atoms with Crippen LogP contribution in [0.15, 0.2) is 30.3 Å². The fraction of sp³-hybridized carbons (Fsp3) is 0.533. The first-order valence-electron chi connectivity index (χ1n) is 6.85. The molecule has 19 heavy (non-hydrogen) atoms. The number of amides is 1. The van der Waals surface area contributed by atoms with Crippen LogP contribution < -0.4 is 11.1 Å². The zero-order valence-electron chi connectivity index (χ0n) is 11.4. The van der Waals surface area contributed by atoms with Crippen molar-refractivity contribution in [3.05, 3.63) is 35.9 Å². The predicted octanol–water partition coefficient (Wildman–Crippen LogP) is 1.55. The minimum atomic E-state index is -1.00. The minimum Gasteiger partial charge on any atom is -0.376 e. The monoisotopic (exact) mass is 262 g/mol. The van der Waals surface area contributed by atoms with Crippen molar-refractivity contribution in [2.75, 3.05) is 13.2 Å². The summed E-state index contributed by atoms with van der Waals surface area (Å²) in [5.74, 6) is -0.159.